The van der Waals surface area contributed by atoms with E-state index in [1.165, 1.54) is 26.2 Å². The SMILES string of the molecule is COc1ccc(CC(C)O)c(F)c1S(C)(=O)=O. The van der Waals surface area contributed by atoms with Crippen molar-refractivity contribution in [3.8, 4) is 5.75 Å². The molecule has 17 heavy (non-hydrogen) atoms. The predicted molar refractivity (Wildman–Crippen MR) is 61.4 cm³/mol. The van der Waals surface area contributed by atoms with Crippen molar-refractivity contribution in [3.63, 3.8) is 0 Å². The summed E-state index contributed by atoms with van der Waals surface area (Å²) < 4.78 is 41.8. The lowest BCUT2D eigenvalue weighted by Gasteiger charge is -2.12. The molecule has 1 rings (SSSR count). The highest BCUT2D eigenvalue weighted by Gasteiger charge is 2.23. The van der Waals surface area contributed by atoms with Gasteiger partial charge in [-0.05, 0) is 18.6 Å². The zero-order chi connectivity index (χ0) is 13.2. The van der Waals surface area contributed by atoms with Gasteiger partial charge < -0.3 is 9.84 Å². The number of hydrogen-bond donors (Lipinski definition) is 1. The monoisotopic (exact) mass is 262 g/mol. The van der Waals surface area contributed by atoms with Crippen molar-refractivity contribution < 1.29 is 22.7 Å². The maximum absolute atomic E-state index is 14.0. The van der Waals surface area contributed by atoms with E-state index in [0.29, 0.717) is 0 Å². The molecule has 0 radical (unpaired) electrons. The molecule has 0 aliphatic heterocycles. The molecule has 0 saturated heterocycles. The minimum Gasteiger partial charge on any atom is -0.495 e. The Bertz CT molecular complexity index is 508. The summed E-state index contributed by atoms with van der Waals surface area (Å²) in [6, 6.07) is 2.80. The van der Waals surface area contributed by atoms with Crippen LogP contribution in [0.5, 0.6) is 5.75 Å². The summed E-state index contributed by atoms with van der Waals surface area (Å²) in [5, 5.41) is 9.20. The molecule has 96 valence electrons. The van der Waals surface area contributed by atoms with Crippen LogP contribution in [0.4, 0.5) is 4.39 Å². The Kier molecular flexibility index (Phi) is 4.11. The highest BCUT2D eigenvalue weighted by molar-refractivity contribution is 7.90. The third-order valence-corrected chi connectivity index (χ3v) is 3.37. The summed E-state index contributed by atoms with van der Waals surface area (Å²) in [7, 11) is -2.44. The summed E-state index contributed by atoms with van der Waals surface area (Å²) >= 11 is 0. The van der Waals surface area contributed by atoms with Crippen LogP contribution in [0, 0.1) is 5.82 Å². The number of ether oxygens (including phenoxy) is 1. The van der Waals surface area contributed by atoms with E-state index < -0.39 is 26.7 Å². The van der Waals surface area contributed by atoms with E-state index in [2.05, 4.69) is 0 Å². The second kappa shape index (κ2) is 5.01. The number of methoxy groups -OCH3 is 1. The number of rotatable bonds is 4. The maximum atomic E-state index is 14.0. The molecule has 0 fully saturated rings. The van der Waals surface area contributed by atoms with E-state index in [9.17, 15) is 17.9 Å². The molecule has 1 aromatic rings. The fraction of sp³-hybridized carbons (Fsp3) is 0.455. The Morgan fingerprint density at radius 1 is 1.47 bits per heavy atom. The van der Waals surface area contributed by atoms with Gasteiger partial charge in [0.2, 0.25) is 0 Å². The van der Waals surface area contributed by atoms with Crippen LogP contribution in [0.15, 0.2) is 17.0 Å². The quantitative estimate of drug-likeness (QED) is 0.884. The highest BCUT2D eigenvalue weighted by atomic mass is 32.2. The first-order valence-electron chi connectivity index (χ1n) is 5.01. The first-order valence-corrected chi connectivity index (χ1v) is 6.90. The van der Waals surface area contributed by atoms with Gasteiger partial charge in [-0.3, -0.25) is 0 Å². The zero-order valence-corrected chi connectivity index (χ0v) is 10.7. The van der Waals surface area contributed by atoms with Crippen molar-refractivity contribution in [1.29, 1.82) is 0 Å². The third-order valence-electron chi connectivity index (χ3n) is 2.25. The minimum atomic E-state index is -3.72. The second-order valence-electron chi connectivity index (χ2n) is 3.90. The molecule has 1 unspecified atom stereocenters. The Morgan fingerprint density at radius 3 is 2.47 bits per heavy atom. The standard InChI is InChI=1S/C11H15FO4S/c1-7(13)6-8-4-5-9(16-2)11(10(8)12)17(3,14)15/h4-5,7,13H,6H2,1-3H3. The zero-order valence-electron chi connectivity index (χ0n) is 9.90. The van der Waals surface area contributed by atoms with Crippen LogP contribution in [-0.4, -0.2) is 33.0 Å². The summed E-state index contributed by atoms with van der Waals surface area (Å²) in [5.74, 6) is -0.882. The number of halogens is 1. The van der Waals surface area contributed by atoms with Gasteiger partial charge in [0.1, 0.15) is 16.5 Å². The lowest BCUT2D eigenvalue weighted by atomic mass is 10.1. The number of aliphatic hydroxyl groups is 1. The third kappa shape index (κ3) is 3.17. The average molecular weight is 262 g/mol. The second-order valence-corrected chi connectivity index (χ2v) is 5.85. The normalized spacial score (nSPS) is 13.5. The maximum Gasteiger partial charge on any atom is 0.182 e. The number of benzene rings is 1. The lowest BCUT2D eigenvalue weighted by molar-refractivity contribution is 0.193. The van der Waals surface area contributed by atoms with Crippen molar-refractivity contribution in [2.75, 3.05) is 13.4 Å². The first kappa shape index (κ1) is 13.9. The van der Waals surface area contributed by atoms with E-state index in [1.54, 1.807) is 0 Å². The summed E-state index contributed by atoms with van der Waals surface area (Å²) in [5.41, 5.74) is 0.154. The molecule has 0 aromatic heterocycles. The van der Waals surface area contributed by atoms with Gasteiger partial charge in [0, 0.05) is 12.7 Å². The Morgan fingerprint density at radius 2 is 2.06 bits per heavy atom. The van der Waals surface area contributed by atoms with E-state index >= 15 is 0 Å². The summed E-state index contributed by atoms with van der Waals surface area (Å²) in [6.45, 7) is 1.50. The molecule has 1 N–H and O–H groups in total. The average Bonchev–Trinajstić information content (AvgIpc) is 2.18. The molecule has 0 bridgehead atoms. The topological polar surface area (TPSA) is 63.6 Å². The largest absolute Gasteiger partial charge is 0.495 e. The molecule has 4 nitrogen and oxygen atoms in total. The molecule has 6 heteroatoms. The van der Waals surface area contributed by atoms with Crippen LogP contribution in [0.25, 0.3) is 0 Å². The van der Waals surface area contributed by atoms with Crippen molar-refractivity contribution in [3.05, 3.63) is 23.5 Å². The Balaban J connectivity index is 3.43. The predicted octanol–water partition coefficient (Wildman–Crippen LogP) is 1.16. The number of aliphatic hydroxyl groups excluding tert-OH is 1. The molecule has 0 amide bonds. The van der Waals surface area contributed by atoms with E-state index in [4.69, 9.17) is 4.74 Å². The first-order chi connectivity index (χ1) is 7.77. The van der Waals surface area contributed by atoms with Crippen molar-refractivity contribution in [1.82, 2.24) is 0 Å². The molecular formula is C11H15FO4S. The lowest BCUT2D eigenvalue weighted by Crippen LogP contribution is -2.11. The summed E-state index contributed by atoms with van der Waals surface area (Å²) in [6.07, 6.45) is 0.226. The van der Waals surface area contributed by atoms with Crippen LogP contribution in [0.3, 0.4) is 0 Å². The summed E-state index contributed by atoms with van der Waals surface area (Å²) in [4.78, 5) is -0.460. The van der Waals surface area contributed by atoms with Gasteiger partial charge in [0.15, 0.2) is 9.84 Å². The Hall–Kier alpha value is -1.14. The van der Waals surface area contributed by atoms with Gasteiger partial charge >= 0.3 is 0 Å². The number of sulfone groups is 1. The fourth-order valence-corrected chi connectivity index (χ4v) is 2.53. The molecule has 0 spiro atoms. The molecular weight excluding hydrogens is 247 g/mol. The van der Waals surface area contributed by atoms with Crippen molar-refractivity contribution in [2.45, 2.75) is 24.3 Å². The van der Waals surface area contributed by atoms with Crippen LogP contribution >= 0.6 is 0 Å². The number of hydrogen-bond acceptors (Lipinski definition) is 4. The van der Waals surface area contributed by atoms with Crippen molar-refractivity contribution >= 4 is 9.84 Å². The fourth-order valence-electron chi connectivity index (χ4n) is 1.56. The van der Waals surface area contributed by atoms with E-state index in [1.807, 2.05) is 0 Å². The molecule has 1 aromatic carbocycles. The van der Waals surface area contributed by atoms with Gasteiger partial charge in [-0.25, -0.2) is 12.8 Å². The van der Waals surface area contributed by atoms with Gasteiger partial charge in [-0.1, -0.05) is 6.07 Å². The molecule has 1 atom stereocenters. The van der Waals surface area contributed by atoms with Gasteiger partial charge in [0.05, 0.1) is 13.2 Å². The molecule has 0 aliphatic rings. The van der Waals surface area contributed by atoms with Gasteiger partial charge in [-0.15, -0.1) is 0 Å². The molecule has 0 saturated carbocycles. The van der Waals surface area contributed by atoms with Crippen LogP contribution in [0.1, 0.15) is 12.5 Å². The minimum absolute atomic E-state index is 0.0284. The van der Waals surface area contributed by atoms with Crippen LogP contribution in [0.2, 0.25) is 0 Å². The molecule has 0 heterocycles. The van der Waals surface area contributed by atoms with Crippen LogP contribution in [-0.2, 0) is 16.3 Å². The van der Waals surface area contributed by atoms with E-state index in [-0.39, 0.29) is 17.7 Å². The van der Waals surface area contributed by atoms with Gasteiger partial charge in [0.25, 0.3) is 0 Å². The van der Waals surface area contributed by atoms with E-state index in [0.717, 1.165) is 6.26 Å². The molecule has 0 aliphatic carbocycles. The Labute approximate surface area is 100.0 Å². The van der Waals surface area contributed by atoms with Crippen LogP contribution < -0.4 is 4.74 Å². The van der Waals surface area contributed by atoms with Crippen molar-refractivity contribution in [2.24, 2.45) is 0 Å². The highest BCUT2D eigenvalue weighted by Crippen LogP contribution is 2.29. The van der Waals surface area contributed by atoms with Gasteiger partial charge in [-0.2, -0.15) is 0 Å². The smallest absolute Gasteiger partial charge is 0.182 e.